The van der Waals surface area contributed by atoms with Crippen molar-refractivity contribution in [2.45, 2.75) is 26.3 Å². The third-order valence-electron chi connectivity index (χ3n) is 3.63. The zero-order valence-corrected chi connectivity index (χ0v) is 13.1. The van der Waals surface area contributed by atoms with Gasteiger partial charge in [0.2, 0.25) is 0 Å². The van der Waals surface area contributed by atoms with Crippen LogP contribution in [0.3, 0.4) is 0 Å². The summed E-state index contributed by atoms with van der Waals surface area (Å²) in [5, 5.41) is 7.71. The fourth-order valence-corrected chi connectivity index (χ4v) is 2.24. The number of ether oxygens (including phenoxy) is 1. The van der Waals surface area contributed by atoms with Crippen LogP contribution in [0, 0.1) is 5.92 Å². The standard InChI is InChI=1S/C14H28N4O/c1-11(9-15-3)12(2)14-13(19-6)10-16-18(14)8-7-17(4)5/h10-12,15H,7-9H2,1-6H3. The quantitative estimate of drug-likeness (QED) is 0.774. The summed E-state index contributed by atoms with van der Waals surface area (Å²) in [7, 11) is 7.86. The van der Waals surface area contributed by atoms with E-state index in [4.69, 9.17) is 4.74 Å². The first kappa shape index (κ1) is 16.0. The summed E-state index contributed by atoms with van der Waals surface area (Å²) in [4.78, 5) is 2.17. The minimum Gasteiger partial charge on any atom is -0.493 e. The minimum atomic E-state index is 0.409. The molecule has 5 nitrogen and oxygen atoms in total. The van der Waals surface area contributed by atoms with Crippen LogP contribution >= 0.6 is 0 Å². The molecule has 0 fully saturated rings. The summed E-state index contributed by atoms with van der Waals surface area (Å²) in [6.45, 7) is 7.36. The van der Waals surface area contributed by atoms with Crippen molar-refractivity contribution < 1.29 is 4.74 Å². The highest BCUT2D eigenvalue weighted by atomic mass is 16.5. The van der Waals surface area contributed by atoms with Gasteiger partial charge in [-0.05, 0) is 33.6 Å². The van der Waals surface area contributed by atoms with Crippen LogP contribution in [0.15, 0.2) is 6.20 Å². The van der Waals surface area contributed by atoms with Gasteiger partial charge in [0.25, 0.3) is 0 Å². The number of hydrogen-bond acceptors (Lipinski definition) is 4. The molecule has 110 valence electrons. The number of nitrogens with one attached hydrogen (secondary N) is 1. The van der Waals surface area contributed by atoms with E-state index in [0.29, 0.717) is 11.8 Å². The smallest absolute Gasteiger partial charge is 0.160 e. The molecule has 0 radical (unpaired) electrons. The van der Waals surface area contributed by atoms with E-state index in [0.717, 1.165) is 25.4 Å². The van der Waals surface area contributed by atoms with Gasteiger partial charge in [0.15, 0.2) is 5.75 Å². The van der Waals surface area contributed by atoms with Crippen LogP contribution in [-0.2, 0) is 6.54 Å². The molecule has 0 spiro atoms. The van der Waals surface area contributed by atoms with E-state index in [2.05, 4.69) is 47.9 Å². The Balaban J connectivity index is 2.91. The van der Waals surface area contributed by atoms with Crippen molar-refractivity contribution in [2.24, 2.45) is 5.92 Å². The third-order valence-corrected chi connectivity index (χ3v) is 3.63. The molecule has 0 aliphatic carbocycles. The Bertz CT molecular complexity index is 376. The second-order valence-corrected chi connectivity index (χ2v) is 5.45. The Morgan fingerprint density at radius 1 is 1.42 bits per heavy atom. The van der Waals surface area contributed by atoms with Crippen LogP contribution in [0.25, 0.3) is 0 Å². The van der Waals surface area contributed by atoms with Gasteiger partial charge in [0, 0.05) is 12.5 Å². The molecule has 2 atom stereocenters. The lowest BCUT2D eigenvalue weighted by molar-refractivity contribution is 0.349. The van der Waals surface area contributed by atoms with Crippen LogP contribution < -0.4 is 10.1 Å². The number of nitrogens with zero attached hydrogens (tertiary/aromatic N) is 3. The highest BCUT2D eigenvalue weighted by Crippen LogP contribution is 2.31. The van der Waals surface area contributed by atoms with Gasteiger partial charge in [-0.25, -0.2) is 0 Å². The molecule has 0 saturated carbocycles. The highest BCUT2D eigenvalue weighted by molar-refractivity contribution is 5.28. The molecule has 0 aliphatic heterocycles. The van der Waals surface area contributed by atoms with Crippen LogP contribution in [0.2, 0.25) is 0 Å². The van der Waals surface area contributed by atoms with Crippen molar-refractivity contribution in [1.82, 2.24) is 20.0 Å². The van der Waals surface area contributed by atoms with Crippen molar-refractivity contribution in [2.75, 3.05) is 41.3 Å². The molecule has 1 heterocycles. The van der Waals surface area contributed by atoms with Gasteiger partial charge in [-0.15, -0.1) is 0 Å². The van der Waals surface area contributed by atoms with E-state index >= 15 is 0 Å². The number of hydrogen-bond donors (Lipinski definition) is 1. The summed E-state index contributed by atoms with van der Waals surface area (Å²) in [6.07, 6.45) is 1.83. The molecule has 1 aromatic rings. The van der Waals surface area contributed by atoms with E-state index < -0.39 is 0 Å². The SMILES string of the molecule is CNCC(C)C(C)c1c(OC)cnn1CCN(C)C. The van der Waals surface area contributed by atoms with Crippen molar-refractivity contribution in [3.05, 3.63) is 11.9 Å². The Morgan fingerprint density at radius 3 is 2.63 bits per heavy atom. The Kier molecular flexibility index (Phi) is 6.31. The maximum Gasteiger partial charge on any atom is 0.160 e. The third kappa shape index (κ3) is 4.21. The molecule has 5 heteroatoms. The van der Waals surface area contributed by atoms with E-state index in [-0.39, 0.29) is 0 Å². The van der Waals surface area contributed by atoms with E-state index in [1.54, 1.807) is 7.11 Å². The Morgan fingerprint density at radius 2 is 2.11 bits per heavy atom. The number of rotatable bonds is 8. The van der Waals surface area contributed by atoms with E-state index in [9.17, 15) is 0 Å². The maximum absolute atomic E-state index is 5.46. The van der Waals surface area contributed by atoms with Gasteiger partial charge in [0.1, 0.15) is 0 Å². The lowest BCUT2D eigenvalue weighted by Gasteiger charge is -2.22. The largest absolute Gasteiger partial charge is 0.493 e. The molecular weight excluding hydrogens is 240 g/mol. The molecule has 1 aromatic heterocycles. The zero-order chi connectivity index (χ0) is 14.4. The summed E-state index contributed by atoms with van der Waals surface area (Å²) >= 11 is 0. The monoisotopic (exact) mass is 268 g/mol. The van der Waals surface area contributed by atoms with Crippen LogP contribution in [0.4, 0.5) is 0 Å². The first-order valence-corrected chi connectivity index (χ1v) is 6.90. The lowest BCUT2D eigenvalue weighted by Crippen LogP contribution is -2.25. The minimum absolute atomic E-state index is 0.409. The van der Waals surface area contributed by atoms with E-state index in [1.807, 2.05) is 13.2 Å². The number of likely N-dealkylation sites (N-methyl/N-ethyl adjacent to an activating group) is 1. The summed E-state index contributed by atoms with van der Waals surface area (Å²) in [5.41, 5.74) is 1.20. The molecule has 19 heavy (non-hydrogen) atoms. The average molecular weight is 268 g/mol. The normalized spacial score (nSPS) is 14.7. The number of aromatic nitrogens is 2. The number of methoxy groups -OCH3 is 1. The van der Waals surface area contributed by atoms with Gasteiger partial charge in [-0.1, -0.05) is 13.8 Å². The molecular formula is C14H28N4O. The van der Waals surface area contributed by atoms with Crippen molar-refractivity contribution in [3.8, 4) is 5.75 Å². The van der Waals surface area contributed by atoms with Crippen LogP contribution in [-0.4, -0.2) is 56.0 Å². The zero-order valence-electron chi connectivity index (χ0n) is 13.1. The molecule has 0 amide bonds. The van der Waals surface area contributed by atoms with Crippen molar-refractivity contribution in [3.63, 3.8) is 0 Å². The molecule has 2 unspecified atom stereocenters. The molecule has 1 N–H and O–H groups in total. The molecule has 0 aromatic carbocycles. The summed E-state index contributed by atoms with van der Waals surface area (Å²) in [5.74, 6) is 1.84. The van der Waals surface area contributed by atoms with Gasteiger partial charge >= 0.3 is 0 Å². The second kappa shape index (κ2) is 7.50. The van der Waals surface area contributed by atoms with Crippen molar-refractivity contribution in [1.29, 1.82) is 0 Å². The first-order chi connectivity index (χ1) is 9.01. The predicted molar refractivity (Wildman–Crippen MR) is 78.8 cm³/mol. The summed E-state index contributed by atoms with van der Waals surface area (Å²) < 4.78 is 7.54. The molecule has 0 aliphatic rings. The lowest BCUT2D eigenvalue weighted by atomic mass is 9.92. The van der Waals surface area contributed by atoms with Crippen LogP contribution in [0.5, 0.6) is 5.75 Å². The predicted octanol–water partition coefficient (Wildman–Crippen LogP) is 1.41. The topological polar surface area (TPSA) is 42.3 Å². The van der Waals surface area contributed by atoms with E-state index in [1.165, 1.54) is 5.69 Å². The van der Waals surface area contributed by atoms with Gasteiger partial charge < -0.3 is 15.0 Å². The van der Waals surface area contributed by atoms with Crippen molar-refractivity contribution >= 4 is 0 Å². The maximum atomic E-state index is 5.46. The van der Waals surface area contributed by atoms with Crippen LogP contribution in [0.1, 0.15) is 25.5 Å². The Hall–Kier alpha value is -1.07. The van der Waals surface area contributed by atoms with Gasteiger partial charge in [-0.3, -0.25) is 4.68 Å². The van der Waals surface area contributed by atoms with Gasteiger partial charge in [-0.2, -0.15) is 5.10 Å². The first-order valence-electron chi connectivity index (χ1n) is 6.90. The molecule has 1 rings (SSSR count). The highest BCUT2D eigenvalue weighted by Gasteiger charge is 2.22. The van der Waals surface area contributed by atoms with Gasteiger partial charge in [0.05, 0.1) is 25.5 Å². The average Bonchev–Trinajstić information content (AvgIpc) is 2.78. The Labute approximate surface area is 116 Å². The molecule has 0 saturated heterocycles. The fourth-order valence-electron chi connectivity index (χ4n) is 2.24. The fraction of sp³-hybridized carbons (Fsp3) is 0.786. The molecule has 0 bridgehead atoms. The second-order valence-electron chi connectivity index (χ2n) is 5.45. The summed E-state index contributed by atoms with van der Waals surface area (Å²) in [6, 6.07) is 0.